The molecule has 3 atom stereocenters. The zero-order valence-corrected chi connectivity index (χ0v) is 14.2. The highest BCUT2D eigenvalue weighted by atomic mass is 16.5. The second kappa shape index (κ2) is 8.07. The number of methoxy groups -OCH3 is 2. The topological polar surface area (TPSA) is 18.5 Å². The van der Waals surface area contributed by atoms with Crippen molar-refractivity contribution in [3.8, 4) is 5.75 Å². The van der Waals surface area contributed by atoms with E-state index >= 15 is 0 Å². The van der Waals surface area contributed by atoms with Crippen molar-refractivity contribution in [3.05, 3.63) is 53.8 Å². The first-order chi connectivity index (χ1) is 10.6. The van der Waals surface area contributed by atoms with Crippen LogP contribution in [0.4, 0.5) is 0 Å². The molecule has 3 unspecified atom stereocenters. The Bertz CT molecular complexity index is 513. The van der Waals surface area contributed by atoms with Gasteiger partial charge in [0.1, 0.15) is 11.5 Å². The highest BCUT2D eigenvalue weighted by Gasteiger charge is 2.18. The van der Waals surface area contributed by atoms with Crippen LogP contribution in [-0.4, -0.2) is 14.2 Å². The van der Waals surface area contributed by atoms with E-state index in [0.29, 0.717) is 17.8 Å². The molecule has 0 heterocycles. The number of benzene rings is 1. The van der Waals surface area contributed by atoms with Gasteiger partial charge in [-0.2, -0.15) is 0 Å². The van der Waals surface area contributed by atoms with Gasteiger partial charge in [-0.15, -0.1) is 0 Å². The summed E-state index contributed by atoms with van der Waals surface area (Å²) in [7, 11) is 3.44. The number of hydrogen-bond acceptors (Lipinski definition) is 2. The summed E-state index contributed by atoms with van der Waals surface area (Å²) in [5, 5.41) is 0. The zero-order valence-electron chi connectivity index (χ0n) is 14.2. The van der Waals surface area contributed by atoms with E-state index in [4.69, 9.17) is 9.47 Å². The van der Waals surface area contributed by atoms with E-state index in [1.165, 1.54) is 12.0 Å². The van der Waals surface area contributed by atoms with Crippen LogP contribution in [-0.2, 0) is 11.2 Å². The van der Waals surface area contributed by atoms with E-state index < -0.39 is 0 Å². The first-order valence-electron chi connectivity index (χ1n) is 8.17. The Morgan fingerprint density at radius 3 is 2.32 bits per heavy atom. The largest absolute Gasteiger partial charge is 0.497 e. The Balaban J connectivity index is 1.83. The Morgan fingerprint density at radius 2 is 1.77 bits per heavy atom. The standard InChI is InChI=1S/C20H28O2/c1-15(13-17-5-9-19(21-3)10-6-17)16(2)14-18-7-11-20(22-4)12-8-18/h5-7,9-12,15-16,18H,8,13-14H2,1-4H3. The van der Waals surface area contributed by atoms with Crippen molar-refractivity contribution in [3.63, 3.8) is 0 Å². The third-order valence-electron chi connectivity index (χ3n) is 4.75. The van der Waals surface area contributed by atoms with Gasteiger partial charge in [0.05, 0.1) is 14.2 Å². The average Bonchev–Trinajstić information content (AvgIpc) is 2.56. The molecule has 1 aliphatic rings. The summed E-state index contributed by atoms with van der Waals surface area (Å²) >= 11 is 0. The monoisotopic (exact) mass is 300 g/mol. The number of rotatable bonds is 7. The second-order valence-corrected chi connectivity index (χ2v) is 6.41. The van der Waals surface area contributed by atoms with Crippen LogP contribution in [0.3, 0.4) is 0 Å². The lowest BCUT2D eigenvalue weighted by atomic mass is 9.81. The SMILES string of the molecule is COC1=CCC(CC(C)C(C)Cc2ccc(OC)cc2)C=C1. The molecule has 0 fully saturated rings. The van der Waals surface area contributed by atoms with Crippen molar-refractivity contribution in [1.29, 1.82) is 0 Å². The van der Waals surface area contributed by atoms with Gasteiger partial charge in [0, 0.05) is 0 Å². The van der Waals surface area contributed by atoms with Gasteiger partial charge in [0.15, 0.2) is 0 Å². The van der Waals surface area contributed by atoms with E-state index in [1.807, 2.05) is 12.1 Å². The lowest BCUT2D eigenvalue weighted by molar-refractivity contribution is 0.292. The molecule has 0 saturated heterocycles. The molecule has 2 heteroatoms. The third kappa shape index (κ3) is 4.66. The molecule has 2 rings (SSSR count). The molecule has 1 aromatic carbocycles. The number of hydrogen-bond donors (Lipinski definition) is 0. The lowest BCUT2D eigenvalue weighted by Crippen LogP contribution is -2.15. The molecule has 0 saturated carbocycles. The predicted octanol–water partition coefficient (Wildman–Crippen LogP) is 5.01. The molecule has 22 heavy (non-hydrogen) atoms. The summed E-state index contributed by atoms with van der Waals surface area (Å²) in [6, 6.07) is 8.45. The summed E-state index contributed by atoms with van der Waals surface area (Å²) in [6.45, 7) is 4.73. The van der Waals surface area contributed by atoms with Gasteiger partial charge in [0.2, 0.25) is 0 Å². The van der Waals surface area contributed by atoms with E-state index in [0.717, 1.165) is 24.4 Å². The van der Waals surface area contributed by atoms with Crippen LogP contribution in [0.1, 0.15) is 32.3 Å². The minimum Gasteiger partial charge on any atom is -0.497 e. The average molecular weight is 300 g/mol. The first-order valence-corrected chi connectivity index (χ1v) is 8.17. The fourth-order valence-electron chi connectivity index (χ4n) is 3.02. The smallest absolute Gasteiger partial charge is 0.118 e. The lowest BCUT2D eigenvalue weighted by Gasteiger charge is -2.24. The summed E-state index contributed by atoms with van der Waals surface area (Å²) in [5.74, 6) is 3.95. The first kappa shape index (κ1) is 16.7. The molecular formula is C20H28O2. The third-order valence-corrected chi connectivity index (χ3v) is 4.75. The van der Waals surface area contributed by atoms with Crippen molar-refractivity contribution >= 4 is 0 Å². The van der Waals surface area contributed by atoms with Gasteiger partial charge in [-0.25, -0.2) is 0 Å². The van der Waals surface area contributed by atoms with Crippen LogP contribution in [0, 0.1) is 17.8 Å². The molecule has 0 radical (unpaired) electrons. The summed E-state index contributed by atoms with van der Waals surface area (Å²) in [6.07, 6.45) is 10.1. The highest BCUT2D eigenvalue weighted by molar-refractivity contribution is 5.27. The van der Waals surface area contributed by atoms with Crippen molar-refractivity contribution < 1.29 is 9.47 Å². The van der Waals surface area contributed by atoms with E-state index in [-0.39, 0.29) is 0 Å². The molecule has 0 aromatic heterocycles. The summed E-state index contributed by atoms with van der Waals surface area (Å²) in [5.41, 5.74) is 1.39. The maximum absolute atomic E-state index is 5.25. The van der Waals surface area contributed by atoms with Crippen molar-refractivity contribution in [2.45, 2.75) is 33.1 Å². The molecule has 0 N–H and O–H groups in total. The normalized spacial score (nSPS) is 20.2. The Kier molecular flexibility index (Phi) is 6.11. The molecule has 0 spiro atoms. The van der Waals surface area contributed by atoms with Crippen LogP contribution in [0.15, 0.2) is 48.3 Å². The maximum Gasteiger partial charge on any atom is 0.118 e. The van der Waals surface area contributed by atoms with Crippen LogP contribution in [0.2, 0.25) is 0 Å². The van der Waals surface area contributed by atoms with Crippen LogP contribution < -0.4 is 4.74 Å². The molecule has 0 amide bonds. The molecule has 0 bridgehead atoms. The molecule has 1 aromatic rings. The Hall–Kier alpha value is -1.70. The van der Waals surface area contributed by atoms with Gasteiger partial charge in [-0.3, -0.25) is 0 Å². The second-order valence-electron chi connectivity index (χ2n) is 6.41. The molecule has 0 aliphatic heterocycles. The minimum atomic E-state index is 0.646. The quantitative estimate of drug-likeness (QED) is 0.705. The molecule has 1 aliphatic carbocycles. The fraction of sp³-hybridized carbons (Fsp3) is 0.500. The van der Waals surface area contributed by atoms with E-state index in [9.17, 15) is 0 Å². The summed E-state index contributed by atoms with van der Waals surface area (Å²) < 4.78 is 10.5. The van der Waals surface area contributed by atoms with Crippen molar-refractivity contribution in [2.24, 2.45) is 17.8 Å². The molecule has 120 valence electrons. The number of allylic oxidation sites excluding steroid dienone is 3. The zero-order chi connectivity index (χ0) is 15.9. The Labute approximate surface area is 134 Å². The highest BCUT2D eigenvalue weighted by Crippen LogP contribution is 2.29. The molecule has 2 nitrogen and oxygen atoms in total. The van der Waals surface area contributed by atoms with Crippen LogP contribution >= 0.6 is 0 Å². The maximum atomic E-state index is 5.25. The van der Waals surface area contributed by atoms with Gasteiger partial charge in [0.25, 0.3) is 0 Å². The van der Waals surface area contributed by atoms with Gasteiger partial charge < -0.3 is 9.47 Å². The van der Waals surface area contributed by atoms with Gasteiger partial charge in [-0.05, 0) is 66.9 Å². The number of ether oxygens (including phenoxy) is 2. The van der Waals surface area contributed by atoms with Crippen molar-refractivity contribution in [2.75, 3.05) is 14.2 Å². The van der Waals surface area contributed by atoms with Crippen molar-refractivity contribution in [1.82, 2.24) is 0 Å². The summed E-state index contributed by atoms with van der Waals surface area (Å²) in [4.78, 5) is 0. The van der Waals surface area contributed by atoms with Gasteiger partial charge in [-0.1, -0.05) is 32.1 Å². The van der Waals surface area contributed by atoms with E-state index in [1.54, 1.807) is 14.2 Å². The van der Waals surface area contributed by atoms with Gasteiger partial charge >= 0.3 is 0 Å². The minimum absolute atomic E-state index is 0.646. The van der Waals surface area contributed by atoms with E-state index in [2.05, 4.69) is 44.2 Å². The Morgan fingerprint density at radius 1 is 1.05 bits per heavy atom. The fourth-order valence-corrected chi connectivity index (χ4v) is 3.02. The van der Waals surface area contributed by atoms with Crippen LogP contribution in [0.5, 0.6) is 5.75 Å². The van der Waals surface area contributed by atoms with Crippen LogP contribution in [0.25, 0.3) is 0 Å². The molecular weight excluding hydrogens is 272 g/mol. The predicted molar refractivity (Wildman–Crippen MR) is 92.0 cm³/mol.